The first-order valence-electron chi connectivity index (χ1n) is 4.16. The highest BCUT2D eigenvalue weighted by molar-refractivity contribution is 5.17. The number of benzene rings is 1. The SMILES string of the molecule is C#CCC(N)Cc1cccc(F)c1. The maximum atomic E-state index is 12.7. The summed E-state index contributed by atoms with van der Waals surface area (Å²) in [6, 6.07) is 6.34. The summed E-state index contributed by atoms with van der Waals surface area (Å²) in [6.45, 7) is 0. The van der Waals surface area contributed by atoms with Crippen LogP contribution in [-0.2, 0) is 6.42 Å². The number of hydrogen-bond acceptors (Lipinski definition) is 1. The Hall–Kier alpha value is -1.33. The molecule has 0 amide bonds. The van der Waals surface area contributed by atoms with Gasteiger partial charge >= 0.3 is 0 Å². The van der Waals surface area contributed by atoms with Gasteiger partial charge < -0.3 is 5.73 Å². The Balaban J connectivity index is 2.59. The van der Waals surface area contributed by atoms with Crippen molar-refractivity contribution in [3.8, 4) is 12.3 Å². The van der Waals surface area contributed by atoms with E-state index in [1.165, 1.54) is 12.1 Å². The minimum Gasteiger partial charge on any atom is -0.327 e. The number of rotatable bonds is 3. The van der Waals surface area contributed by atoms with Crippen LogP contribution >= 0.6 is 0 Å². The van der Waals surface area contributed by atoms with E-state index in [4.69, 9.17) is 12.2 Å². The summed E-state index contributed by atoms with van der Waals surface area (Å²) >= 11 is 0. The Morgan fingerprint density at radius 2 is 2.31 bits per heavy atom. The third kappa shape index (κ3) is 3.27. The van der Waals surface area contributed by atoms with Crippen LogP contribution in [0.2, 0.25) is 0 Å². The first-order chi connectivity index (χ1) is 6.22. The van der Waals surface area contributed by atoms with E-state index in [0.717, 1.165) is 5.56 Å². The molecule has 0 radical (unpaired) electrons. The molecule has 0 saturated carbocycles. The molecule has 0 aliphatic carbocycles. The average Bonchev–Trinajstić information content (AvgIpc) is 2.04. The van der Waals surface area contributed by atoms with Crippen LogP contribution in [0.15, 0.2) is 24.3 Å². The number of terminal acetylenes is 1. The van der Waals surface area contributed by atoms with Crippen molar-refractivity contribution in [1.82, 2.24) is 0 Å². The van der Waals surface area contributed by atoms with E-state index in [-0.39, 0.29) is 11.9 Å². The van der Waals surface area contributed by atoms with Gasteiger partial charge in [-0.3, -0.25) is 0 Å². The first-order valence-corrected chi connectivity index (χ1v) is 4.16. The van der Waals surface area contributed by atoms with Crippen molar-refractivity contribution in [2.24, 2.45) is 5.73 Å². The monoisotopic (exact) mass is 177 g/mol. The maximum absolute atomic E-state index is 12.7. The van der Waals surface area contributed by atoms with Crippen molar-refractivity contribution in [2.45, 2.75) is 18.9 Å². The molecule has 0 aliphatic heterocycles. The quantitative estimate of drug-likeness (QED) is 0.699. The molecule has 1 rings (SSSR count). The summed E-state index contributed by atoms with van der Waals surface area (Å²) in [5.74, 6) is 2.25. The van der Waals surface area contributed by atoms with Crippen LogP contribution < -0.4 is 5.73 Å². The lowest BCUT2D eigenvalue weighted by molar-refractivity contribution is 0.620. The molecule has 0 saturated heterocycles. The number of nitrogens with two attached hydrogens (primary N) is 1. The van der Waals surface area contributed by atoms with Crippen LogP contribution in [0.4, 0.5) is 4.39 Å². The van der Waals surface area contributed by atoms with Crippen molar-refractivity contribution < 1.29 is 4.39 Å². The molecule has 1 atom stereocenters. The van der Waals surface area contributed by atoms with Gasteiger partial charge in [0.1, 0.15) is 5.82 Å². The third-order valence-electron chi connectivity index (χ3n) is 1.77. The molecule has 0 bridgehead atoms. The van der Waals surface area contributed by atoms with E-state index < -0.39 is 0 Å². The Morgan fingerprint density at radius 1 is 1.54 bits per heavy atom. The summed E-state index contributed by atoms with van der Waals surface area (Å²) in [6.07, 6.45) is 6.26. The summed E-state index contributed by atoms with van der Waals surface area (Å²) in [5.41, 5.74) is 6.59. The van der Waals surface area contributed by atoms with Gasteiger partial charge in [0.05, 0.1) is 0 Å². The van der Waals surface area contributed by atoms with Gasteiger partial charge in [-0.25, -0.2) is 4.39 Å². The minimum atomic E-state index is -0.231. The minimum absolute atomic E-state index is 0.0770. The Kier molecular flexibility index (Phi) is 3.48. The van der Waals surface area contributed by atoms with Gasteiger partial charge in [0.2, 0.25) is 0 Å². The lowest BCUT2D eigenvalue weighted by atomic mass is 10.0. The molecule has 0 heterocycles. The van der Waals surface area contributed by atoms with Crippen LogP contribution in [-0.4, -0.2) is 6.04 Å². The average molecular weight is 177 g/mol. The van der Waals surface area contributed by atoms with E-state index in [2.05, 4.69) is 5.92 Å². The zero-order valence-corrected chi connectivity index (χ0v) is 7.33. The van der Waals surface area contributed by atoms with Crippen molar-refractivity contribution in [2.75, 3.05) is 0 Å². The second kappa shape index (κ2) is 4.64. The molecule has 1 aromatic carbocycles. The van der Waals surface area contributed by atoms with E-state index in [1.54, 1.807) is 6.07 Å². The molecule has 1 aromatic rings. The van der Waals surface area contributed by atoms with Gasteiger partial charge in [0.25, 0.3) is 0 Å². The van der Waals surface area contributed by atoms with Crippen molar-refractivity contribution in [3.63, 3.8) is 0 Å². The van der Waals surface area contributed by atoms with E-state index in [9.17, 15) is 4.39 Å². The van der Waals surface area contributed by atoms with Crippen LogP contribution in [0.25, 0.3) is 0 Å². The van der Waals surface area contributed by atoms with Gasteiger partial charge in [0.15, 0.2) is 0 Å². The molecule has 0 fully saturated rings. The van der Waals surface area contributed by atoms with Gasteiger partial charge in [-0.05, 0) is 24.1 Å². The van der Waals surface area contributed by atoms with E-state index >= 15 is 0 Å². The topological polar surface area (TPSA) is 26.0 Å². The van der Waals surface area contributed by atoms with Gasteiger partial charge in [-0.15, -0.1) is 12.3 Å². The molecular formula is C11H12FN. The third-order valence-corrected chi connectivity index (χ3v) is 1.77. The second-order valence-electron chi connectivity index (χ2n) is 3.00. The predicted molar refractivity (Wildman–Crippen MR) is 51.5 cm³/mol. The van der Waals surface area contributed by atoms with Crippen LogP contribution in [0, 0.1) is 18.2 Å². The molecule has 68 valence electrons. The maximum Gasteiger partial charge on any atom is 0.123 e. The molecule has 13 heavy (non-hydrogen) atoms. The van der Waals surface area contributed by atoms with Crippen LogP contribution in [0.1, 0.15) is 12.0 Å². The first kappa shape index (κ1) is 9.76. The van der Waals surface area contributed by atoms with Gasteiger partial charge in [-0.2, -0.15) is 0 Å². The Morgan fingerprint density at radius 3 is 2.92 bits per heavy atom. The van der Waals surface area contributed by atoms with Crippen molar-refractivity contribution in [3.05, 3.63) is 35.6 Å². The molecule has 0 spiro atoms. The summed E-state index contributed by atoms with van der Waals surface area (Å²) < 4.78 is 12.7. The Labute approximate surface area is 77.8 Å². The standard InChI is InChI=1S/C11H12FN/c1-2-4-11(13)8-9-5-3-6-10(12)7-9/h1,3,5-7,11H,4,8,13H2. The predicted octanol–water partition coefficient (Wildman–Crippen LogP) is 1.72. The van der Waals surface area contributed by atoms with Crippen molar-refractivity contribution >= 4 is 0 Å². The normalized spacial score (nSPS) is 12.1. The van der Waals surface area contributed by atoms with Crippen LogP contribution in [0.5, 0.6) is 0 Å². The fourth-order valence-electron chi connectivity index (χ4n) is 1.19. The summed E-state index contributed by atoms with van der Waals surface area (Å²) in [4.78, 5) is 0. The molecular weight excluding hydrogens is 165 g/mol. The van der Waals surface area contributed by atoms with E-state index in [1.807, 2.05) is 6.07 Å². The van der Waals surface area contributed by atoms with Crippen molar-refractivity contribution in [1.29, 1.82) is 0 Å². The van der Waals surface area contributed by atoms with Gasteiger partial charge in [0, 0.05) is 12.5 Å². The molecule has 0 aliphatic rings. The summed E-state index contributed by atoms with van der Waals surface area (Å²) in [5, 5.41) is 0. The molecule has 1 nitrogen and oxygen atoms in total. The number of halogens is 1. The fourth-order valence-corrected chi connectivity index (χ4v) is 1.19. The van der Waals surface area contributed by atoms with Gasteiger partial charge in [-0.1, -0.05) is 12.1 Å². The Bertz CT molecular complexity index is 314. The lowest BCUT2D eigenvalue weighted by Crippen LogP contribution is -2.21. The zero-order chi connectivity index (χ0) is 9.68. The highest BCUT2D eigenvalue weighted by Crippen LogP contribution is 2.06. The molecule has 2 N–H and O–H groups in total. The highest BCUT2D eigenvalue weighted by Gasteiger charge is 2.02. The lowest BCUT2D eigenvalue weighted by Gasteiger charge is -2.07. The molecule has 0 aromatic heterocycles. The zero-order valence-electron chi connectivity index (χ0n) is 7.33. The largest absolute Gasteiger partial charge is 0.327 e. The second-order valence-corrected chi connectivity index (χ2v) is 3.00. The molecule has 2 heteroatoms. The van der Waals surface area contributed by atoms with Crippen LogP contribution in [0.3, 0.4) is 0 Å². The highest BCUT2D eigenvalue weighted by atomic mass is 19.1. The van der Waals surface area contributed by atoms with E-state index in [0.29, 0.717) is 12.8 Å². The fraction of sp³-hybridized carbons (Fsp3) is 0.273. The summed E-state index contributed by atoms with van der Waals surface area (Å²) in [7, 11) is 0. The molecule has 1 unspecified atom stereocenters. The number of hydrogen-bond donors (Lipinski definition) is 1. The smallest absolute Gasteiger partial charge is 0.123 e.